The van der Waals surface area contributed by atoms with E-state index in [2.05, 4.69) is 20.5 Å². The maximum Gasteiger partial charge on any atom is 0.146 e. The third-order valence-electron chi connectivity index (χ3n) is 4.33. The first-order valence-corrected chi connectivity index (χ1v) is 9.31. The number of nitrogens with zero attached hydrogens (tertiary/aromatic N) is 3. The largest absolute Gasteiger partial charge is 0.456 e. The first-order chi connectivity index (χ1) is 13.2. The normalized spacial score (nSPS) is 12.9. The molecule has 0 unspecified atom stereocenters. The number of benzene rings is 2. The van der Waals surface area contributed by atoms with Gasteiger partial charge in [-0.05, 0) is 42.5 Å². The standard InChI is InChI=1S/C20H18Cl2N4O/c21-14-2-1-3-16(10-14)27-20-5-4-15(11-17(20)22)26-13-24-12-19-18(26)6-8-25(19)9-7-23/h1-6,8,10-12H,7,9,13,23H2. The van der Waals surface area contributed by atoms with Crippen LogP contribution in [-0.2, 0) is 6.54 Å². The van der Waals surface area contributed by atoms with Gasteiger partial charge >= 0.3 is 0 Å². The second-order valence-corrected chi connectivity index (χ2v) is 6.97. The number of ether oxygens (including phenoxy) is 1. The minimum absolute atomic E-state index is 0.518. The molecule has 4 rings (SSSR count). The van der Waals surface area contributed by atoms with Crippen molar-refractivity contribution < 1.29 is 4.74 Å². The summed E-state index contributed by atoms with van der Waals surface area (Å²) in [5.74, 6) is 1.21. The Balaban J connectivity index is 1.61. The molecule has 1 aliphatic rings. The van der Waals surface area contributed by atoms with Crippen molar-refractivity contribution in [3.05, 3.63) is 70.5 Å². The molecule has 2 N–H and O–H groups in total. The Hall–Kier alpha value is -2.47. The van der Waals surface area contributed by atoms with Gasteiger partial charge < -0.3 is 19.9 Å². The molecule has 27 heavy (non-hydrogen) atoms. The Morgan fingerprint density at radius 1 is 1.11 bits per heavy atom. The monoisotopic (exact) mass is 400 g/mol. The second kappa shape index (κ2) is 7.64. The van der Waals surface area contributed by atoms with Crippen molar-refractivity contribution in [3.63, 3.8) is 0 Å². The molecule has 0 fully saturated rings. The topological polar surface area (TPSA) is 55.8 Å². The van der Waals surface area contributed by atoms with Crippen LogP contribution >= 0.6 is 23.2 Å². The Morgan fingerprint density at radius 3 is 2.78 bits per heavy atom. The molecular formula is C20H18Cl2N4O. The Kier molecular flexibility index (Phi) is 5.07. The molecule has 0 aliphatic carbocycles. The zero-order valence-electron chi connectivity index (χ0n) is 14.5. The predicted octanol–water partition coefficient (Wildman–Crippen LogP) is 5.07. The first kappa shape index (κ1) is 17.9. The lowest BCUT2D eigenvalue weighted by molar-refractivity contribution is 0.483. The molecule has 0 amide bonds. The number of hydrogen-bond donors (Lipinski definition) is 1. The zero-order valence-corrected chi connectivity index (χ0v) is 16.0. The van der Waals surface area contributed by atoms with Crippen LogP contribution in [0.15, 0.2) is 59.7 Å². The first-order valence-electron chi connectivity index (χ1n) is 8.55. The van der Waals surface area contributed by atoms with E-state index in [0.717, 1.165) is 23.6 Å². The van der Waals surface area contributed by atoms with Crippen LogP contribution in [0.4, 0.5) is 11.4 Å². The number of anilines is 2. The van der Waals surface area contributed by atoms with Gasteiger partial charge in [-0.1, -0.05) is 29.3 Å². The Morgan fingerprint density at radius 2 is 2.00 bits per heavy atom. The summed E-state index contributed by atoms with van der Waals surface area (Å²) in [5.41, 5.74) is 8.76. The molecule has 2 aromatic carbocycles. The fourth-order valence-corrected chi connectivity index (χ4v) is 3.47. The average Bonchev–Trinajstić information content (AvgIpc) is 3.07. The lowest BCUT2D eigenvalue weighted by Crippen LogP contribution is -2.23. The number of hydrogen-bond acceptors (Lipinski definition) is 4. The van der Waals surface area contributed by atoms with Crippen molar-refractivity contribution in [2.75, 3.05) is 18.1 Å². The summed E-state index contributed by atoms with van der Waals surface area (Å²) in [5, 5.41) is 1.13. The van der Waals surface area contributed by atoms with Gasteiger partial charge in [0.2, 0.25) is 0 Å². The SMILES string of the molecule is NCCn1ccc2c1C=NCN2c1ccc(Oc2cccc(Cl)c2)c(Cl)c1. The molecule has 0 atom stereocenters. The zero-order chi connectivity index (χ0) is 18.8. The number of nitrogens with two attached hydrogens (primary N) is 1. The number of aromatic nitrogens is 1. The highest BCUT2D eigenvalue weighted by Gasteiger charge is 2.20. The third kappa shape index (κ3) is 3.67. The van der Waals surface area contributed by atoms with E-state index in [0.29, 0.717) is 34.8 Å². The minimum atomic E-state index is 0.518. The van der Waals surface area contributed by atoms with Gasteiger partial charge in [0.1, 0.15) is 18.2 Å². The average molecular weight is 401 g/mol. The van der Waals surface area contributed by atoms with Crippen LogP contribution in [0.25, 0.3) is 0 Å². The van der Waals surface area contributed by atoms with E-state index in [1.54, 1.807) is 12.1 Å². The number of halogens is 2. The van der Waals surface area contributed by atoms with Crippen LogP contribution < -0.4 is 15.4 Å². The maximum atomic E-state index is 6.48. The number of fused-ring (bicyclic) bond motifs is 1. The van der Waals surface area contributed by atoms with Crippen molar-refractivity contribution >= 4 is 40.8 Å². The predicted molar refractivity (Wildman–Crippen MR) is 111 cm³/mol. The van der Waals surface area contributed by atoms with Crippen LogP contribution in [0, 0.1) is 0 Å². The van der Waals surface area contributed by atoms with Crippen molar-refractivity contribution in [2.45, 2.75) is 6.54 Å². The van der Waals surface area contributed by atoms with Crippen LogP contribution in [0.3, 0.4) is 0 Å². The Labute approximate surface area is 167 Å². The quantitative estimate of drug-likeness (QED) is 0.649. The van der Waals surface area contributed by atoms with E-state index in [4.69, 9.17) is 33.7 Å². The van der Waals surface area contributed by atoms with Crippen molar-refractivity contribution in [1.29, 1.82) is 0 Å². The molecule has 138 valence electrons. The molecule has 3 aromatic rings. The molecule has 0 saturated heterocycles. The molecule has 0 saturated carbocycles. The van der Waals surface area contributed by atoms with E-state index < -0.39 is 0 Å². The maximum absolute atomic E-state index is 6.48. The van der Waals surface area contributed by atoms with E-state index >= 15 is 0 Å². The molecule has 2 heterocycles. The van der Waals surface area contributed by atoms with E-state index in [9.17, 15) is 0 Å². The van der Waals surface area contributed by atoms with Gasteiger partial charge in [-0.15, -0.1) is 0 Å². The summed E-state index contributed by atoms with van der Waals surface area (Å²) in [7, 11) is 0. The van der Waals surface area contributed by atoms with E-state index in [1.807, 2.05) is 42.7 Å². The van der Waals surface area contributed by atoms with Gasteiger partial charge in [0, 0.05) is 36.2 Å². The third-order valence-corrected chi connectivity index (χ3v) is 4.86. The summed E-state index contributed by atoms with van der Waals surface area (Å²) in [6.07, 6.45) is 3.92. The van der Waals surface area contributed by atoms with Crippen LogP contribution in [0.5, 0.6) is 11.5 Å². The molecule has 5 nitrogen and oxygen atoms in total. The molecule has 0 bridgehead atoms. The molecule has 0 spiro atoms. The molecule has 1 aliphatic heterocycles. The molecule has 0 radical (unpaired) electrons. The molecular weight excluding hydrogens is 383 g/mol. The fourth-order valence-electron chi connectivity index (χ4n) is 3.08. The van der Waals surface area contributed by atoms with Gasteiger partial charge in [-0.3, -0.25) is 4.99 Å². The number of aliphatic imine (C=N–C) groups is 1. The summed E-state index contributed by atoms with van der Waals surface area (Å²) in [6.45, 7) is 1.86. The second-order valence-electron chi connectivity index (χ2n) is 6.12. The highest BCUT2D eigenvalue weighted by Crippen LogP contribution is 2.37. The van der Waals surface area contributed by atoms with Crippen LogP contribution in [0.2, 0.25) is 10.0 Å². The summed E-state index contributed by atoms with van der Waals surface area (Å²) in [6, 6.07) is 15.0. The Bertz CT molecular complexity index is 999. The highest BCUT2D eigenvalue weighted by atomic mass is 35.5. The van der Waals surface area contributed by atoms with E-state index in [1.165, 1.54) is 0 Å². The lowest BCUT2D eigenvalue weighted by Gasteiger charge is -2.26. The summed E-state index contributed by atoms with van der Waals surface area (Å²) in [4.78, 5) is 6.58. The summed E-state index contributed by atoms with van der Waals surface area (Å²) >= 11 is 12.5. The minimum Gasteiger partial charge on any atom is -0.456 e. The van der Waals surface area contributed by atoms with Gasteiger partial charge in [0.05, 0.1) is 16.4 Å². The van der Waals surface area contributed by atoms with Gasteiger partial charge in [-0.25, -0.2) is 0 Å². The smallest absolute Gasteiger partial charge is 0.146 e. The highest BCUT2D eigenvalue weighted by molar-refractivity contribution is 6.32. The molecule has 1 aromatic heterocycles. The van der Waals surface area contributed by atoms with Crippen LogP contribution in [-0.4, -0.2) is 24.0 Å². The molecule has 7 heteroatoms. The van der Waals surface area contributed by atoms with Crippen molar-refractivity contribution in [2.24, 2.45) is 10.7 Å². The fraction of sp³-hybridized carbons (Fsp3) is 0.150. The van der Waals surface area contributed by atoms with Crippen LogP contribution in [0.1, 0.15) is 5.69 Å². The van der Waals surface area contributed by atoms with Gasteiger partial charge in [0.15, 0.2) is 0 Å². The van der Waals surface area contributed by atoms with Gasteiger partial charge in [0.25, 0.3) is 0 Å². The lowest BCUT2D eigenvalue weighted by atomic mass is 10.2. The summed E-state index contributed by atoms with van der Waals surface area (Å²) < 4.78 is 7.96. The van der Waals surface area contributed by atoms with Crippen molar-refractivity contribution in [1.82, 2.24) is 4.57 Å². The van der Waals surface area contributed by atoms with Crippen molar-refractivity contribution in [3.8, 4) is 11.5 Å². The number of rotatable bonds is 5. The van der Waals surface area contributed by atoms with Gasteiger partial charge in [-0.2, -0.15) is 0 Å². The van der Waals surface area contributed by atoms with E-state index in [-0.39, 0.29) is 0 Å².